The summed E-state index contributed by atoms with van der Waals surface area (Å²) in [5.74, 6) is -3.57. The highest BCUT2D eigenvalue weighted by Crippen LogP contribution is 2.29. The zero-order valence-corrected chi connectivity index (χ0v) is 14.9. The molecule has 0 radical (unpaired) electrons. The molecule has 30 heavy (non-hydrogen) atoms. The minimum Gasteiger partial charge on any atom is -0.423 e. The Bertz CT molecular complexity index is 889. The number of carbonyl (C=O) groups is 2. The number of benzene rings is 2. The number of hydrogen-bond donors (Lipinski definition) is 0. The first-order valence-corrected chi connectivity index (χ1v) is 7.96. The van der Waals surface area contributed by atoms with E-state index in [0.29, 0.717) is 11.1 Å². The monoisotopic (exact) mass is 430 g/mol. The first-order valence-electron chi connectivity index (χ1n) is 7.96. The highest BCUT2D eigenvalue weighted by molar-refractivity contribution is 5.91. The average molecular weight is 430 g/mol. The number of ether oxygens (including phenoxy) is 2. The molecule has 0 N–H and O–H groups in total. The molecular formula is C20H12F6O4. The Morgan fingerprint density at radius 3 is 1.10 bits per heavy atom. The van der Waals surface area contributed by atoms with Crippen LogP contribution in [0.1, 0.15) is 0 Å². The molecule has 0 fully saturated rings. The molecule has 0 saturated heterocycles. The van der Waals surface area contributed by atoms with Crippen molar-refractivity contribution < 1.29 is 45.4 Å². The van der Waals surface area contributed by atoms with Crippen molar-refractivity contribution in [2.24, 2.45) is 0 Å². The molecule has 2 aromatic carbocycles. The van der Waals surface area contributed by atoms with Gasteiger partial charge in [-0.2, -0.15) is 26.3 Å². The maximum absolute atomic E-state index is 12.4. The van der Waals surface area contributed by atoms with Crippen molar-refractivity contribution in [3.8, 4) is 22.6 Å². The maximum atomic E-state index is 12.4. The third-order valence-electron chi connectivity index (χ3n) is 3.64. The highest BCUT2D eigenvalue weighted by atomic mass is 19.4. The van der Waals surface area contributed by atoms with Crippen LogP contribution in [-0.2, 0) is 9.59 Å². The molecular weight excluding hydrogens is 418 g/mol. The lowest BCUT2D eigenvalue weighted by atomic mass is 10.1. The van der Waals surface area contributed by atoms with Gasteiger partial charge in [0.05, 0.1) is 0 Å². The fraction of sp³-hybridized carbons (Fsp3) is 0.100. The quantitative estimate of drug-likeness (QED) is 0.276. The molecule has 0 spiro atoms. The van der Waals surface area contributed by atoms with Gasteiger partial charge in [0.25, 0.3) is 0 Å². The Hall–Kier alpha value is -3.56. The Balaban J connectivity index is 2.05. The molecule has 2 aromatic rings. The molecule has 0 aromatic heterocycles. The number of hydrogen-bond acceptors (Lipinski definition) is 4. The van der Waals surface area contributed by atoms with Crippen molar-refractivity contribution in [3.05, 3.63) is 72.8 Å². The minimum atomic E-state index is -4.91. The van der Waals surface area contributed by atoms with Gasteiger partial charge in [-0.3, -0.25) is 0 Å². The largest absolute Gasteiger partial charge is 0.423 e. The van der Waals surface area contributed by atoms with Crippen molar-refractivity contribution >= 4 is 11.9 Å². The summed E-state index contributed by atoms with van der Waals surface area (Å²) in [6, 6.07) is 10.7. The SMILES string of the molecule is C=C(C(=O)Oc1ccc(-c2ccc(OC(=O)C(=C)C(F)(F)F)cc2)cc1)C(F)(F)F. The third kappa shape index (κ3) is 5.72. The molecule has 158 valence electrons. The van der Waals surface area contributed by atoms with Crippen LogP contribution in [0.5, 0.6) is 11.5 Å². The summed E-state index contributed by atoms with van der Waals surface area (Å²) in [4.78, 5) is 22.8. The van der Waals surface area contributed by atoms with Crippen LogP contribution in [0.2, 0.25) is 0 Å². The molecule has 0 aliphatic heterocycles. The number of carbonyl (C=O) groups excluding carboxylic acids is 2. The maximum Gasteiger partial charge on any atom is 0.422 e. The smallest absolute Gasteiger partial charge is 0.422 e. The van der Waals surface area contributed by atoms with Gasteiger partial charge in [-0.1, -0.05) is 37.4 Å². The Morgan fingerprint density at radius 2 is 0.867 bits per heavy atom. The predicted molar refractivity (Wildman–Crippen MR) is 93.5 cm³/mol. The fourth-order valence-electron chi connectivity index (χ4n) is 2.00. The molecule has 0 aliphatic rings. The molecule has 0 amide bonds. The van der Waals surface area contributed by atoms with Gasteiger partial charge in [0.2, 0.25) is 0 Å². The molecule has 0 aliphatic carbocycles. The summed E-state index contributed by atoms with van der Waals surface area (Å²) in [6.45, 7) is 5.27. The van der Waals surface area contributed by atoms with Gasteiger partial charge in [0.15, 0.2) is 0 Å². The van der Waals surface area contributed by atoms with E-state index in [4.69, 9.17) is 0 Å². The Kier molecular flexibility index (Phi) is 6.39. The Morgan fingerprint density at radius 1 is 0.600 bits per heavy atom. The van der Waals surface area contributed by atoms with Gasteiger partial charge in [-0.15, -0.1) is 0 Å². The second kappa shape index (κ2) is 8.44. The molecule has 0 unspecified atom stereocenters. The zero-order valence-electron chi connectivity index (χ0n) is 14.9. The van der Waals surface area contributed by atoms with Crippen LogP contribution in [0, 0.1) is 0 Å². The highest BCUT2D eigenvalue weighted by Gasteiger charge is 2.39. The normalized spacial score (nSPS) is 11.5. The number of halogens is 6. The molecule has 0 bridgehead atoms. The van der Waals surface area contributed by atoms with Gasteiger partial charge in [0.1, 0.15) is 22.6 Å². The first-order chi connectivity index (χ1) is 13.8. The zero-order chi connectivity index (χ0) is 22.7. The summed E-state index contributed by atoms with van der Waals surface area (Å²) >= 11 is 0. The van der Waals surface area contributed by atoms with Crippen LogP contribution in [0.25, 0.3) is 11.1 Å². The van der Waals surface area contributed by atoms with Gasteiger partial charge >= 0.3 is 24.3 Å². The van der Waals surface area contributed by atoms with Crippen LogP contribution in [0.3, 0.4) is 0 Å². The first kappa shape index (κ1) is 22.7. The van der Waals surface area contributed by atoms with Crippen molar-refractivity contribution in [1.82, 2.24) is 0 Å². The van der Waals surface area contributed by atoms with Crippen molar-refractivity contribution in [2.45, 2.75) is 12.4 Å². The molecule has 0 atom stereocenters. The summed E-state index contributed by atoms with van der Waals surface area (Å²) in [6.07, 6.45) is -9.82. The van der Waals surface area contributed by atoms with E-state index in [1.807, 2.05) is 0 Å². The van der Waals surface area contributed by atoms with Crippen molar-refractivity contribution in [3.63, 3.8) is 0 Å². The molecule has 0 saturated carbocycles. The minimum absolute atomic E-state index is 0.148. The van der Waals surface area contributed by atoms with E-state index in [9.17, 15) is 35.9 Å². The summed E-state index contributed by atoms with van der Waals surface area (Å²) in [7, 11) is 0. The van der Waals surface area contributed by atoms with E-state index in [2.05, 4.69) is 22.6 Å². The van der Waals surface area contributed by atoms with Crippen LogP contribution in [0.4, 0.5) is 26.3 Å². The van der Waals surface area contributed by atoms with Gasteiger partial charge in [0, 0.05) is 0 Å². The third-order valence-corrected chi connectivity index (χ3v) is 3.64. The van der Waals surface area contributed by atoms with E-state index in [-0.39, 0.29) is 11.5 Å². The summed E-state index contributed by atoms with van der Waals surface area (Å²) < 4.78 is 83.6. The lowest BCUT2D eigenvalue weighted by molar-refractivity contribution is -0.143. The Labute approximate surface area is 166 Å². The van der Waals surface area contributed by atoms with Gasteiger partial charge < -0.3 is 9.47 Å². The number of rotatable bonds is 5. The van der Waals surface area contributed by atoms with E-state index < -0.39 is 35.4 Å². The molecule has 2 rings (SSSR count). The molecule has 0 heterocycles. The van der Waals surface area contributed by atoms with E-state index in [0.717, 1.165) is 0 Å². The number of esters is 2. The van der Waals surface area contributed by atoms with Gasteiger partial charge in [-0.05, 0) is 35.4 Å². The van der Waals surface area contributed by atoms with Crippen molar-refractivity contribution in [1.29, 1.82) is 0 Å². The van der Waals surface area contributed by atoms with E-state index in [1.165, 1.54) is 48.5 Å². The van der Waals surface area contributed by atoms with Crippen LogP contribution in [-0.4, -0.2) is 24.3 Å². The lowest BCUT2D eigenvalue weighted by Crippen LogP contribution is -2.23. The number of alkyl halides is 6. The summed E-state index contributed by atoms with van der Waals surface area (Å²) in [5.41, 5.74) is -2.21. The standard InChI is InChI=1S/C20H12F6O4/c1-11(19(21,22)23)17(27)29-15-7-3-13(4-8-15)14-5-9-16(10-6-14)30-18(28)12(2)20(24,25)26/h3-10H,1-2H2. The van der Waals surface area contributed by atoms with Gasteiger partial charge in [-0.25, -0.2) is 9.59 Å². The van der Waals surface area contributed by atoms with Crippen LogP contribution in [0.15, 0.2) is 72.8 Å². The van der Waals surface area contributed by atoms with E-state index >= 15 is 0 Å². The fourth-order valence-corrected chi connectivity index (χ4v) is 2.00. The second-order valence-corrected chi connectivity index (χ2v) is 5.78. The van der Waals surface area contributed by atoms with Crippen LogP contribution < -0.4 is 9.47 Å². The van der Waals surface area contributed by atoms with E-state index in [1.54, 1.807) is 0 Å². The topological polar surface area (TPSA) is 52.6 Å². The lowest BCUT2D eigenvalue weighted by Gasteiger charge is -2.11. The predicted octanol–water partition coefficient (Wildman–Crippen LogP) is 5.40. The summed E-state index contributed by atoms with van der Waals surface area (Å²) in [5, 5.41) is 0. The van der Waals surface area contributed by atoms with Crippen molar-refractivity contribution in [2.75, 3.05) is 0 Å². The average Bonchev–Trinajstić information content (AvgIpc) is 2.66. The molecule has 10 heteroatoms. The second-order valence-electron chi connectivity index (χ2n) is 5.78. The van der Waals surface area contributed by atoms with Crippen LogP contribution >= 0.6 is 0 Å². The molecule has 4 nitrogen and oxygen atoms in total.